The van der Waals surface area contributed by atoms with E-state index in [1.807, 2.05) is 0 Å². The minimum absolute atomic E-state index is 0. The van der Waals surface area contributed by atoms with Crippen molar-refractivity contribution in [1.29, 1.82) is 0 Å². The van der Waals surface area contributed by atoms with Gasteiger partial charge in [0.1, 0.15) is 6.10 Å². The molecule has 0 bridgehead atoms. The van der Waals surface area contributed by atoms with Crippen LogP contribution >= 0.6 is 24.0 Å². The van der Waals surface area contributed by atoms with Gasteiger partial charge in [0, 0.05) is 44.3 Å². The van der Waals surface area contributed by atoms with Crippen LogP contribution in [0.2, 0.25) is 0 Å². The van der Waals surface area contributed by atoms with E-state index in [4.69, 9.17) is 19.2 Å². The van der Waals surface area contributed by atoms with Gasteiger partial charge in [-0.15, -0.1) is 24.0 Å². The van der Waals surface area contributed by atoms with Crippen LogP contribution in [-0.4, -0.2) is 74.7 Å². The Morgan fingerprint density at radius 1 is 1.14 bits per heavy atom. The third-order valence-corrected chi connectivity index (χ3v) is 7.07. The van der Waals surface area contributed by atoms with Crippen molar-refractivity contribution in [3.8, 4) is 0 Å². The van der Waals surface area contributed by atoms with Gasteiger partial charge in [-0.25, -0.2) is 0 Å². The molecule has 2 saturated heterocycles. The minimum atomic E-state index is 0. The first-order valence-electron chi connectivity index (χ1n) is 11.2. The Balaban J connectivity index is 0.00000225. The van der Waals surface area contributed by atoms with Crippen LogP contribution in [0.5, 0.6) is 0 Å². The predicted octanol–water partition coefficient (Wildman–Crippen LogP) is 3.19. The fraction of sp³-hybridized carbons (Fsp3) is 0.952. The molecule has 4 rings (SSSR count). The quantitative estimate of drug-likeness (QED) is 0.352. The van der Waals surface area contributed by atoms with Crippen LogP contribution in [0.4, 0.5) is 0 Å². The van der Waals surface area contributed by atoms with Gasteiger partial charge in [-0.3, -0.25) is 4.99 Å². The molecule has 7 heteroatoms. The lowest BCUT2D eigenvalue weighted by Crippen LogP contribution is -2.66. The van der Waals surface area contributed by atoms with Crippen molar-refractivity contribution < 1.29 is 14.2 Å². The number of aliphatic imine (C=N–C) groups is 1. The van der Waals surface area contributed by atoms with E-state index in [0.717, 1.165) is 64.7 Å². The molecule has 0 aromatic carbocycles. The molecule has 0 aromatic rings. The van der Waals surface area contributed by atoms with E-state index in [9.17, 15) is 0 Å². The third kappa shape index (κ3) is 4.47. The lowest BCUT2D eigenvalue weighted by molar-refractivity contribution is -0.127. The number of nitrogens with zero attached hydrogens (tertiary/aromatic N) is 2. The molecule has 0 radical (unpaired) electrons. The summed E-state index contributed by atoms with van der Waals surface area (Å²) in [5.41, 5.74) is 0.324. The van der Waals surface area contributed by atoms with Gasteiger partial charge in [0.05, 0.1) is 18.8 Å². The number of hydrogen-bond acceptors (Lipinski definition) is 4. The molecular weight excluding hydrogens is 469 g/mol. The maximum atomic E-state index is 6.09. The van der Waals surface area contributed by atoms with Gasteiger partial charge >= 0.3 is 0 Å². The van der Waals surface area contributed by atoms with Crippen LogP contribution in [0, 0.1) is 5.41 Å². The molecule has 162 valence electrons. The Bertz CT molecular complexity index is 521. The maximum Gasteiger partial charge on any atom is 0.194 e. The average Bonchev–Trinajstić information content (AvgIpc) is 3.39. The normalized spacial score (nSPS) is 34.9. The first-order valence-corrected chi connectivity index (χ1v) is 11.2. The highest BCUT2D eigenvalue weighted by molar-refractivity contribution is 14.0. The minimum Gasteiger partial charge on any atom is -0.378 e. The molecule has 0 aromatic heterocycles. The fourth-order valence-corrected chi connectivity index (χ4v) is 5.62. The number of rotatable bonds is 5. The monoisotopic (exact) mass is 507 g/mol. The topological polar surface area (TPSA) is 55.3 Å². The highest BCUT2D eigenvalue weighted by atomic mass is 127. The highest BCUT2D eigenvalue weighted by Crippen LogP contribution is 2.54. The Hall–Kier alpha value is -0.120. The van der Waals surface area contributed by atoms with Crippen molar-refractivity contribution in [2.75, 3.05) is 39.5 Å². The summed E-state index contributed by atoms with van der Waals surface area (Å²) in [4.78, 5) is 7.25. The van der Waals surface area contributed by atoms with Crippen molar-refractivity contribution >= 4 is 29.9 Å². The van der Waals surface area contributed by atoms with Crippen LogP contribution in [0.15, 0.2) is 4.99 Å². The van der Waals surface area contributed by atoms with Gasteiger partial charge < -0.3 is 24.4 Å². The van der Waals surface area contributed by atoms with E-state index in [0.29, 0.717) is 17.6 Å². The molecule has 0 amide bonds. The molecular formula is C21H38IN3O3. The molecule has 4 aliphatic rings. The van der Waals surface area contributed by atoms with Crippen LogP contribution in [0.1, 0.15) is 58.8 Å². The molecule has 2 aliphatic heterocycles. The van der Waals surface area contributed by atoms with Crippen molar-refractivity contribution in [2.24, 2.45) is 10.4 Å². The van der Waals surface area contributed by atoms with Crippen LogP contribution in [-0.2, 0) is 14.2 Å². The summed E-state index contributed by atoms with van der Waals surface area (Å²) in [5.74, 6) is 1.06. The number of halogens is 1. The molecule has 1 spiro atoms. The fourth-order valence-electron chi connectivity index (χ4n) is 5.62. The summed E-state index contributed by atoms with van der Waals surface area (Å²) in [6, 6.07) is 0.492. The van der Waals surface area contributed by atoms with Crippen molar-refractivity contribution in [2.45, 2.75) is 83.1 Å². The zero-order valence-electron chi connectivity index (χ0n) is 17.5. The summed E-state index contributed by atoms with van der Waals surface area (Å²) < 4.78 is 18.0. The maximum absolute atomic E-state index is 6.09. The predicted molar refractivity (Wildman–Crippen MR) is 122 cm³/mol. The number of hydrogen-bond donors (Lipinski definition) is 1. The van der Waals surface area contributed by atoms with E-state index >= 15 is 0 Å². The zero-order chi connectivity index (χ0) is 18.7. The standard InChI is InChI=1S/C21H37N3O3.HI/c1-3-22-20(24-11-13-27-17(15-24)16-8-7-12-26-16)23-18-14-19(25-4-2)21(18)9-5-6-10-21;/h16-19H,3-15H2,1-2H3,(H,22,23);1H. The third-order valence-electron chi connectivity index (χ3n) is 7.07. The van der Waals surface area contributed by atoms with Gasteiger partial charge in [-0.05, 0) is 46.0 Å². The summed E-state index contributed by atoms with van der Waals surface area (Å²) >= 11 is 0. The molecule has 6 nitrogen and oxygen atoms in total. The average molecular weight is 507 g/mol. The summed E-state index contributed by atoms with van der Waals surface area (Å²) in [6.07, 6.45) is 9.47. The van der Waals surface area contributed by atoms with Crippen molar-refractivity contribution in [1.82, 2.24) is 10.2 Å². The van der Waals surface area contributed by atoms with Gasteiger partial charge in [0.2, 0.25) is 0 Å². The van der Waals surface area contributed by atoms with Gasteiger partial charge in [-0.2, -0.15) is 0 Å². The summed E-state index contributed by atoms with van der Waals surface area (Å²) in [6.45, 7) is 9.28. The molecule has 1 N–H and O–H groups in total. The molecule has 2 aliphatic carbocycles. The largest absolute Gasteiger partial charge is 0.378 e. The molecule has 4 unspecified atom stereocenters. The Morgan fingerprint density at radius 3 is 2.61 bits per heavy atom. The number of guanidine groups is 1. The van der Waals surface area contributed by atoms with Crippen LogP contribution < -0.4 is 5.32 Å². The van der Waals surface area contributed by atoms with E-state index in [1.54, 1.807) is 0 Å². The van der Waals surface area contributed by atoms with Crippen molar-refractivity contribution in [3.63, 3.8) is 0 Å². The van der Waals surface area contributed by atoms with Gasteiger partial charge in [-0.1, -0.05) is 12.8 Å². The first kappa shape index (κ1) is 22.6. The second-order valence-corrected chi connectivity index (χ2v) is 8.52. The molecule has 28 heavy (non-hydrogen) atoms. The number of ether oxygens (including phenoxy) is 3. The van der Waals surface area contributed by atoms with Gasteiger partial charge in [0.25, 0.3) is 0 Å². The van der Waals surface area contributed by atoms with E-state index in [-0.39, 0.29) is 36.2 Å². The number of nitrogens with one attached hydrogen (secondary N) is 1. The molecule has 4 fully saturated rings. The Kier molecular flexibility index (Phi) is 8.27. The Labute approximate surface area is 187 Å². The highest BCUT2D eigenvalue weighted by Gasteiger charge is 2.57. The van der Waals surface area contributed by atoms with Crippen molar-refractivity contribution in [3.05, 3.63) is 0 Å². The van der Waals surface area contributed by atoms with E-state index in [1.165, 1.54) is 25.7 Å². The van der Waals surface area contributed by atoms with E-state index < -0.39 is 0 Å². The lowest BCUT2D eigenvalue weighted by atomic mass is 9.60. The van der Waals surface area contributed by atoms with E-state index in [2.05, 4.69) is 24.1 Å². The summed E-state index contributed by atoms with van der Waals surface area (Å²) in [7, 11) is 0. The SMILES string of the molecule is CCN=C(NC1CC(OCC)C12CCCC2)N1CCOC(C2CCCO2)C1.I. The first-order chi connectivity index (χ1) is 13.3. The Morgan fingerprint density at radius 2 is 1.93 bits per heavy atom. The van der Waals surface area contributed by atoms with Crippen LogP contribution in [0.25, 0.3) is 0 Å². The molecule has 4 atom stereocenters. The van der Waals surface area contributed by atoms with Crippen LogP contribution in [0.3, 0.4) is 0 Å². The molecule has 2 heterocycles. The second-order valence-electron chi connectivity index (χ2n) is 8.52. The smallest absolute Gasteiger partial charge is 0.194 e. The zero-order valence-corrected chi connectivity index (χ0v) is 19.9. The van der Waals surface area contributed by atoms with Gasteiger partial charge in [0.15, 0.2) is 5.96 Å². The molecule has 2 saturated carbocycles. The lowest BCUT2D eigenvalue weighted by Gasteiger charge is -2.55. The second kappa shape index (κ2) is 10.3. The number of morpholine rings is 1. The summed E-state index contributed by atoms with van der Waals surface area (Å²) in [5, 5.41) is 3.86.